The van der Waals surface area contributed by atoms with Gasteiger partial charge in [-0.25, -0.2) is 0 Å². The van der Waals surface area contributed by atoms with E-state index in [-0.39, 0.29) is 0 Å². The second-order valence-electron chi connectivity index (χ2n) is 8.25. The van der Waals surface area contributed by atoms with Gasteiger partial charge in [-0.05, 0) is 59.0 Å². The Morgan fingerprint density at radius 1 is 0.828 bits per heavy atom. The molecular weight excluding hydrogens is 350 g/mol. The molecule has 0 bridgehead atoms. The van der Waals surface area contributed by atoms with Gasteiger partial charge in [-0.15, -0.1) is 0 Å². The van der Waals surface area contributed by atoms with E-state index in [0.717, 1.165) is 6.42 Å². The Kier molecular flexibility index (Phi) is 5.24. The van der Waals surface area contributed by atoms with Crippen LogP contribution < -0.4 is 4.57 Å². The van der Waals surface area contributed by atoms with Gasteiger partial charge in [0.25, 0.3) is 0 Å². The largest absolute Gasteiger partial charge is 0.220 e. The van der Waals surface area contributed by atoms with Crippen LogP contribution in [0.3, 0.4) is 0 Å². The number of benzene rings is 3. The van der Waals surface area contributed by atoms with Crippen LogP contribution in [0.15, 0.2) is 72.8 Å². The maximum absolute atomic E-state index is 2.38. The highest BCUT2D eigenvalue weighted by Gasteiger charge is 2.20. The third-order valence-electron chi connectivity index (χ3n) is 6.33. The fourth-order valence-corrected chi connectivity index (χ4v) is 4.20. The Hall–Kier alpha value is -2.93. The monoisotopic (exact) mass is 380 g/mol. The lowest BCUT2D eigenvalue weighted by Crippen LogP contribution is -2.35. The van der Waals surface area contributed by atoms with Crippen molar-refractivity contribution in [3.63, 3.8) is 0 Å². The number of aryl methyl sites for hydroxylation is 2. The van der Waals surface area contributed by atoms with Gasteiger partial charge in [-0.2, -0.15) is 4.57 Å². The second-order valence-corrected chi connectivity index (χ2v) is 8.25. The molecule has 0 amide bonds. The van der Waals surface area contributed by atoms with Gasteiger partial charge < -0.3 is 0 Å². The minimum atomic E-state index is 0.587. The average molecular weight is 381 g/mol. The fraction of sp³-hybridized carbons (Fsp3) is 0.250. The zero-order chi connectivity index (χ0) is 20.5. The molecule has 1 unspecified atom stereocenters. The predicted molar refractivity (Wildman–Crippen MR) is 124 cm³/mol. The number of hydrogen-bond acceptors (Lipinski definition) is 0. The Balaban J connectivity index is 1.90. The van der Waals surface area contributed by atoms with E-state index in [4.69, 9.17) is 0 Å². The summed E-state index contributed by atoms with van der Waals surface area (Å²) < 4.78 is 2.33. The lowest BCUT2D eigenvalue weighted by molar-refractivity contribution is -0.665. The fourth-order valence-electron chi connectivity index (χ4n) is 4.20. The molecule has 0 aliphatic rings. The van der Waals surface area contributed by atoms with E-state index in [9.17, 15) is 0 Å². The predicted octanol–water partition coefficient (Wildman–Crippen LogP) is 7.13. The summed E-state index contributed by atoms with van der Waals surface area (Å²) in [4.78, 5) is 0. The van der Waals surface area contributed by atoms with Crippen molar-refractivity contribution in [3.05, 3.63) is 89.6 Å². The normalized spacial score (nSPS) is 12.3. The maximum Gasteiger partial charge on any atom is 0.220 e. The van der Waals surface area contributed by atoms with Crippen molar-refractivity contribution in [3.8, 4) is 22.4 Å². The number of fused-ring (bicyclic) bond motifs is 1. The van der Waals surface area contributed by atoms with E-state index >= 15 is 0 Å². The summed E-state index contributed by atoms with van der Waals surface area (Å²) >= 11 is 0. The summed E-state index contributed by atoms with van der Waals surface area (Å²) in [7, 11) is 2.18. The van der Waals surface area contributed by atoms with Crippen molar-refractivity contribution in [2.24, 2.45) is 7.05 Å². The van der Waals surface area contributed by atoms with Crippen molar-refractivity contribution in [1.29, 1.82) is 0 Å². The third-order valence-corrected chi connectivity index (χ3v) is 6.33. The number of pyridine rings is 1. The third kappa shape index (κ3) is 3.58. The summed E-state index contributed by atoms with van der Waals surface area (Å²) in [6.45, 7) is 8.99. The lowest BCUT2D eigenvalue weighted by Gasteiger charge is -2.14. The Morgan fingerprint density at radius 2 is 1.59 bits per heavy atom. The minimum Gasteiger partial charge on any atom is -0.198 e. The Bertz CT molecular complexity index is 1170. The molecule has 0 saturated heterocycles. The highest BCUT2D eigenvalue weighted by atomic mass is 14.9. The van der Waals surface area contributed by atoms with Gasteiger partial charge in [-0.1, -0.05) is 68.4 Å². The summed E-state index contributed by atoms with van der Waals surface area (Å²) in [5.74, 6) is 0.587. The molecule has 4 rings (SSSR count). The molecule has 0 fully saturated rings. The van der Waals surface area contributed by atoms with Crippen LogP contribution in [0.25, 0.3) is 33.2 Å². The molecule has 1 aromatic heterocycles. The number of aromatic nitrogens is 1. The van der Waals surface area contributed by atoms with E-state index in [1.165, 1.54) is 50.0 Å². The molecule has 0 spiro atoms. The molecule has 1 heteroatoms. The van der Waals surface area contributed by atoms with E-state index in [1.54, 1.807) is 0 Å². The van der Waals surface area contributed by atoms with Gasteiger partial charge in [0, 0.05) is 18.6 Å². The molecule has 0 saturated carbocycles. The molecule has 0 N–H and O–H groups in total. The first kappa shape index (κ1) is 19.4. The van der Waals surface area contributed by atoms with E-state index in [2.05, 4.69) is 112 Å². The smallest absolute Gasteiger partial charge is 0.198 e. The number of hydrogen-bond donors (Lipinski definition) is 0. The zero-order valence-corrected chi connectivity index (χ0v) is 18.2. The van der Waals surface area contributed by atoms with E-state index < -0.39 is 0 Å². The molecule has 0 aliphatic carbocycles. The van der Waals surface area contributed by atoms with Crippen LogP contribution in [0.2, 0.25) is 0 Å². The van der Waals surface area contributed by atoms with Crippen molar-refractivity contribution in [2.75, 3.05) is 0 Å². The van der Waals surface area contributed by atoms with E-state index in [1.807, 2.05) is 0 Å². The van der Waals surface area contributed by atoms with Crippen molar-refractivity contribution in [1.82, 2.24) is 0 Å². The van der Waals surface area contributed by atoms with Crippen molar-refractivity contribution in [2.45, 2.75) is 40.0 Å². The van der Waals surface area contributed by atoms with Crippen LogP contribution >= 0.6 is 0 Å². The SMILES string of the molecule is CCC(C)c1ccc2c(-c3ccc(-c4ccccc4)cc3C)[n+](C)c(C)cc2c1. The average Bonchev–Trinajstić information content (AvgIpc) is 2.75. The quantitative estimate of drug-likeness (QED) is 0.332. The molecule has 146 valence electrons. The highest BCUT2D eigenvalue weighted by Crippen LogP contribution is 2.33. The molecule has 29 heavy (non-hydrogen) atoms. The maximum atomic E-state index is 2.38. The first-order valence-corrected chi connectivity index (χ1v) is 10.6. The van der Waals surface area contributed by atoms with Crippen LogP contribution in [0.4, 0.5) is 0 Å². The highest BCUT2D eigenvalue weighted by molar-refractivity contribution is 5.94. The van der Waals surface area contributed by atoms with Crippen LogP contribution in [-0.2, 0) is 7.05 Å². The second kappa shape index (κ2) is 7.83. The van der Waals surface area contributed by atoms with Crippen LogP contribution in [0.1, 0.15) is 43.0 Å². The lowest BCUT2D eigenvalue weighted by atomic mass is 9.92. The number of rotatable bonds is 4. The van der Waals surface area contributed by atoms with Gasteiger partial charge in [0.15, 0.2) is 5.69 Å². The first-order valence-electron chi connectivity index (χ1n) is 10.6. The Labute approximate surface area is 174 Å². The summed E-state index contributed by atoms with van der Waals surface area (Å²) in [5, 5.41) is 2.65. The van der Waals surface area contributed by atoms with Crippen LogP contribution in [-0.4, -0.2) is 0 Å². The Morgan fingerprint density at radius 3 is 2.28 bits per heavy atom. The molecule has 1 heterocycles. The van der Waals surface area contributed by atoms with Crippen molar-refractivity contribution >= 4 is 10.8 Å². The number of nitrogens with zero attached hydrogens (tertiary/aromatic N) is 1. The summed E-state index contributed by atoms with van der Waals surface area (Å²) in [6, 6.07) is 26.8. The molecular formula is C28H30N+. The topological polar surface area (TPSA) is 3.88 Å². The van der Waals surface area contributed by atoms with Gasteiger partial charge in [-0.3, -0.25) is 0 Å². The zero-order valence-electron chi connectivity index (χ0n) is 18.2. The van der Waals surface area contributed by atoms with Crippen LogP contribution in [0, 0.1) is 13.8 Å². The molecule has 0 radical (unpaired) electrons. The molecule has 4 aromatic rings. The van der Waals surface area contributed by atoms with Gasteiger partial charge in [0.05, 0.1) is 5.39 Å². The summed E-state index contributed by atoms with van der Waals surface area (Å²) in [6.07, 6.45) is 1.16. The molecule has 1 atom stereocenters. The molecule has 0 aliphatic heterocycles. The van der Waals surface area contributed by atoms with Crippen LogP contribution in [0.5, 0.6) is 0 Å². The first-order chi connectivity index (χ1) is 14.0. The molecule has 3 aromatic carbocycles. The minimum absolute atomic E-state index is 0.587. The van der Waals surface area contributed by atoms with Crippen molar-refractivity contribution < 1.29 is 4.57 Å². The summed E-state index contributed by atoms with van der Waals surface area (Å²) in [5.41, 5.74) is 9.14. The van der Waals surface area contributed by atoms with E-state index in [0.29, 0.717) is 5.92 Å². The van der Waals surface area contributed by atoms with Gasteiger partial charge in [0.1, 0.15) is 7.05 Å². The van der Waals surface area contributed by atoms with Gasteiger partial charge in [0.2, 0.25) is 5.69 Å². The molecule has 1 nitrogen and oxygen atoms in total. The standard InChI is InChI=1S/C28H30N/c1-6-19(2)23-12-15-27-25(18-23)17-21(4)29(5)28(27)26-14-13-24(16-20(26)3)22-10-8-7-9-11-22/h7-19H,6H2,1-5H3/q+1. The van der Waals surface area contributed by atoms with Gasteiger partial charge >= 0.3 is 0 Å².